The molecule has 0 saturated heterocycles. The molecule has 1 aromatic carbocycles. The Morgan fingerprint density at radius 2 is 1.79 bits per heavy atom. The Morgan fingerprint density at radius 3 is 2.43 bits per heavy atom. The van der Waals surface area contributed by atoms with Crippen molar-refractivity contribution in [1.29, 1.82) is 0 Å². The molecule has 70 valence electrons. The summed E-state index contributed by atoms with van der Waals surface area (Å²) in [7, 11) is 0. The van der Waals surface area contributed by atoms with Gasteiger partial charge in [-0.1, -0.05) is 30.3 Å². The number of nitrogens with two attached hydrogens (primary N) is 1. The number of anilines is 1. The second-order valence-electron chi connectivity index (χ2n) is 3.12. The van der Waals surface area contributed by atoms with Gasteiger partial charge in [0.1, 0.15) is 5.82 Å². The smallest absolute Gasteiger partial charge is 0.161 e. The highest BCUT2D eigenvalue weighted by Crippen LogP contribution is 2.15. The van der Waals surface area contributed by atoms with Gasteiger partial charge in [0.15, 0.2) is 5.82 Å². The van der Waals surface area contributed by atoms with Crippen LogP contribution in [0.25, 0.3) is 11.4 Å². The molecular formula is C11H11N3. The minimum atomic E-state index is 0.511. The minimum absolute atomic E-state index is 0.511. The molecule has 2 aromatic rings. The number of nitrogen functional groups attached to an aromatic ring is 1. The predicted octanol–water partition coefficient (Wildman–Crippen LogP) is 2.03. The van der Waals surface area contributed by atoms with Gasteiger partial charge in [-0.3, -0.25) is 0 Å². The third kappa shape index (κ3) is 1.71. The Morgan fingerprint density at radius 1 is 1.07 bits per heavy atom. The highest BCUT2D eigenvalue weighted by Gasteiger charge is 2.01. The molecule has 3 nitrogen and oxygen atoms in total. The van der Waals surface area contributed by atoms with Gasteiger partial charge in [-0.25, -0.2) is 9.97 Å². The molecule has 0 spiro atoms. The molecule has 0 unspecified atom stereocenters. The van der Waals surface area contributed by atoms with E-state index in [1.54, 1.807) is 6.07 Å². The monoisotopic (exact) mass is 185 g/mol. The quantitative estimate of drug-likeness (QED) is 0.739. The molecule has 0 aliphatic carbocycles. The summed E-state index contributed by atoms with van der Waals surface area (Å²) in [6, 6.07) is 11.6. The zero-order valence-corrected chi connectivity index (χ0v) is 7.94. The van der Waals surface area contributed by atoms with E-state index < -0.39 is 0 Å². The summed E-state index contributed by atoms with van der Waals surface area (Å²) >= 11 is 0. The molecular weight excluding hydrogens is 174 g/mol. The van der Waals surface area contributed by atoms with Gasteiger partial charge in [0, 0.05) is 17.3 Å². The highest BCUT2D eigenvalue weighted by molar-refractivity contribution is 5.56. The van der Waals surface area contributed by atoms with Gasteiger partial charge in [0.2, 0.25) is 0 Å². The summed E-state index contributed by atoms with van der Waals surface area (Å²) < 4.78 is 0. The van der Waals surface area contributed by atoms with Crippen LogP contribution in [0.5, 0.6) is 0 Å². The summed E-state index contributed by atoms with van der Waals surface area (Å²) in [5, 5.41) is 0. The van der Waals surface area contributed by atoms with Crippen molar-refractivity contribution in [2.75, 3.05) is 5.73 Å². The largest absolute Gasteiger partial charge is 0.384 e. The van der Waals surface area contributed by atoms with Gasteiger partial charge >= 0.3 is 0 Å². The lowest BCUT2D eigenvalue weighted by Gasteiger charge is -2.02. The molecule has 2 rings (SSSR count). The van der Waals surface area contributed by atoms with E-state index in [1.165, 1.54) is 0 Å². The third-order valence-corrected chi connectivity index (χ3v) is 1.91. The standard InChI is InChI=1S/C11H11N3/c1-8-7-10(12)14-11(13-8)9-5-3-2-4-6-9/h2-7H,1H3,(H2,12,13,14). The van der Waals surface area contributed by atoms with Crippen LogP contribution < -0.4 is 5.73 Å². The molecule has 1 heterocycles. The first-order valence-corrected chi connectivity index (χ1v) is 4.42. The molecule has 2 N–H and O–H groups in total. The van der Waals surface area contributed by atoms with E-state index in [0.29, 0.717) is 11.6 Å². The lowest BCUT2D eigenvalue weighted by molar-refractivity contribution is 1.12. The first-order valence-electron chi connectivity index (χ1n) is 4.42. The molecule has 0 aliphatic rings. The SMILES string of the molecule is Cc1cc(N)nc(-c2ccccc2)n1. The van der Waals surface area contributed by atoms with Gasteiger partial charge in [0.25, 0.3) is 0 Å². The number of hydrogen-bond acceptors (Lipinski definition) is 3. The Balaban J connectivity index is 2.52. The van der Waals surface area contributed by atoms with Crippen LogP contribution in [0.4, 0.5) is 5.82 Å². The average Bonchev–Trinajstić information content (AvgIpc) is 2.18. The van der Waals surface area contributed by atoms with Crippen LogP contribution in [0, 0.1) is 6.92 Å². The summed E-state index contributed by atoms with van der Waals surface area (Å²) in [6.45, 7) is 1.91. The maximum absolute atomic E-state index is 5.65. The zero-order chi connectivity index (χ0) is 9.97. The van der Waals surface area contributed by atoms with Crippen LogP contribution in [0.15, 0.2) is 36.4 Å². The molecule has 0 atom stereocenters. The molecule has 0 radical (unpaired) electrons. The Labute approximate surface area is 82.6 Å². The van der Waals surface area contributed by atoms with Crippen LogP contribution in [0.2, 0.25) is 0 Å². The molecule has 3 heteroatoms. The predicted molar refractivity (Wildman–Crippen MR) is 56.6 cm³/mol. The number of hydrogen-bond donors (Lipinski definition) is 1. The van der Waals surface area contributed by atoms with Crippen molar-refractivity contribution in [2.45, 2.75) is 6.92 Å². The molecule has 0 bridgehead atoms. The third-order valence-electron chi connectivity index (χ3n) is 1.91. The molecule has 0 aliphatic heterocycles. The molecule has 14 heavy (non-hydrogen) atoms. The summed E-state index contributed by atoms with van der Waals surface area (Å²) in [4.78, 5) is 8.48. The van der Waals surface area contributed by atoms with Gasteiger partial charge < -0.3 is 5.73 Å². The van der Waals surface area contributed by atoms with Gasteiger partial charge in [-0.15, -0.1) is 0 Å². The van der Waals surface area contributed by atoms with E-state index in [0.717, 1.165) is 11.3 Å². The van der Waals surface area contributed by atoms with Crippen LogP contribution >= 0.6 is 0 Å². The van der Waals surface area contributed by atoms with Crippen molar-refractivity contribution in [3.8, 4) is 11.4 Å². The Hall–Kier alpha value is -1.90. The van der Waals surface area contributed by atoms with E-state index in [1.807, 2.05) is 37.3 Å². The summed E-state index contributed by atoms with van der Waals surface area (Å²) in [6.07, 6.45) is 0. The number of aryl methyl sites for hydroxylation is 1. The van der Waals surface area contributed by atoms with E-state index in [9.17, 15) is 0 Å². The van der Waals surface area contributed by atoms with E-state index in [2.05, 4.69) is 9.97 Å². The average molecular weight is 185 g/mol. The van der Waals surface area contributed by atoms with Gasteiger partial charge in [-0.05, 0) is 6.92 Å². The lowest BCUT2D eigenvalue weighted by atomic mass is 10.2. The Bertz CT molecular complexity index is 417. The van der Waals surface area contributed by atoms with Crippen LogP contribution in [-0.4, -0.2) is 9.97 Å². The number of rotatable bonds is 1. The second-order valence-corrected chi connectivity index (χ2v) is 3.12. The first-order chi connectivity index (χ1) is 6.75. The van der Waals surface area contributed by atoms with E-state index in [4.69, 9.17) is 5.73 Å². The van der Waals surface area contributed by atoms with Crippen molar-refractivity contribution in [3.05, 3.63) is 42.1 Å². The number of benzene rings is 1. The van der Waals surface area contributed by atoms with Crippen LogP contribution in [0.1, 0.15) is 5.69 Å². The minimum Gasteiger partial charge on any atom is -0.384 e. The highest BCUT2D eigenvalue weighted by atomic mass is 14.9. The Kier molecular flexibility index (Phi) is 2.14. The van der Waals surface area contributed by atoms with E-state index in [-0.39, 0.29) is 0 Å². The summed E-state index contributed by atoms with van der Waals surface area (Å²) in [5.41, 5.74) is 7.52. The fourth-order valence-electron chi connectivity index (χ4n) is 1.31. The van der Waals surface area contributed by atoms with Crippen molar-refractivity contribution in [1.82, 2.24) is 9.97 Å². The second kappa shape index (κ2) is 3.46. The van der Waals surface area contributed by atoms with Crippen molar-refractivity contribution < 1.29 is 0 Å². The molecule has 0 saturated carbocycles. The number of aromatic nitrogens is 2. The van der Waals surface area contributed by atoms with Crippen LogP contribution in [0.3, 0.4) is 0 Å². The van der Waals surface area contributed by atoms with Crippen molar-refractivity contribution in [2.24, 2.45) is 0 Å². The summed E-state index contributed by atoms with van der Waals surface area (Å²) in [5.74, 6) is 1.19. The first kappa shape index (κ1) is 8.69. The fourth-order valence-corrected chi connectivity index (χ4v) is 1.31. The molecule has 1 aromatic heterocycles. The normalized spacial score (nSPS) is 10.1. The van der Waals surface area contributed by atoms with E-state index >= 15 is 0 Å². The van der Waals surface area contributed by atoms with Crippen LogP contribution in [-0.2, 0) is 0 Å². The zero-order valence-electron chi connectivity index (χ0n) is 7.94. The van der Waals surface area contributed by atoms with Crippen molar-refractivity contribution >= 4 is 5.82 Å². The molecule has 0 amide bonds. The fraction of sp³-hybridized carbons (Fsp3) is 0.0909. The lowest BCUT2D eigenvalue weighted by Crippen LogP contribution is -1.97. The number of nitrogens with zero attached hydrogens (tertiary/aromatic N) is 2. The maximum atomic E-state index is 5.65. The molecule has 0 fully saturated rings. The topological polar surface area (TPSA) is 51.8 Å². The van der Waals surface area contributed by atoms with Gasteiger partial charge in [0.05, 0.1) is 0 Å². The van der Waals surface area contributed by atoms with Crippen molar-refractivity contribution in [3.63, 3.8) is 0 Å². The van der Waals surface area contributed by atoms with Gasteiger partial charge in [-0.2, -0.15) is 0 Å². The maximum Gasteiger partial charge on any atom is 0.161 e.